The molecule has 71 heavy (non-hydrogen) atoms. The molecular weight excluding hydrogens is 913 g/mol. The Balaban J connectivity index is 0.786. The topological polar surface area (TPSA) is 0 Å². The van der Waals surface area contributed by atoms with Crippen LogP contribution in [0.4, 0.5) is 0 Å². The van der Waals surface area contributed by atoms with Crippen LogP contribution in [0.3, 0.4) is 0 Å². The van der Waals surface area contributed by atoms with Crippen molar-refractivity contribution in [3.8, 4) is 44.5 Å². The first-order valence-electron chi connectivity index (χ1n) is 24.4. The van der Waals surface area contributed by atoms with E-state index in [1.165, 1.54) is 170 Å². The fraction of sp³-hybridized carbons (Fsp3) is 0. The van der Waals surface area contributed by atoms with Gasteiger partial charge in [0.1, 0.15) is 0 Å². The van der Waals surface area contributed by atoms with E-state index in [1.54, 1.807) is 0 Å². The first-order valence-corrected chi connectivity index (χ1v) is 26.8. The molecule has 0 radical (unpaired) electrons. The molecule has 0 unspecified atom stereocenters. The van der Waals surface area contributed by atoms with Gasteiger partial charge >= 0.3 is 0 Å². The Bertz CT molecular complexity index is 4800. The maximum Gasteiger partial charge on any atom is 0.0434 e. The molecule has 3 heteroatoms. The van der Waals surface area contributed by atoms with Crippen LogP contribution in [0.5, 0.6) is 0 Å². The molecule has 0 amide bonds. The summed E-state index contributed by atoms with van der Waals surface area (Å²) in [5.41, 5.74) is 10.3. The van der Waals surface area contributed by atoms with Gasteiger partial charge in [-0.15, -0.1) is 34.0 Å². The minimum atomic E-state index is 1.26. The van der Waals surface area contributed by atoms with Gasteiger partial charge in [-0.2, -0.15) is 0 Å². The van der Waals surface area contributed by atoms with Gasteiger partial charge in [-0.05, 0) is 122 Å². The molecule has 0 saturated heterocycles. The molecule has 17 rings (SSSR count). The van der Waals surface area contributed by atoms with Crippen molar-refractivity contribution in [3.05, 3.63) is 218 Å². The average molecular weight is 949 g/mol. The maximum atomic E-state index is 2.44. The lowest BCUT2D eigenvalue weighted by molar-refractivity contribution is 1.71. The number of hydrogen-bond donors (Lipinski definition) is 0. The molecule has 3 aromatic heterocycles. The fourth-order valence-electron chi connectivity index (χ4n) is 12.6. The highest BCUT2D eigenvalue weighted by Crippen LogP contribution is 2.49. The fourth-order valence-corrected chi connectivity index (χ4v) is 16.3. The summed E-state index contributed by atoms with van der Waals surface area (Å²) in [7, 11) is 0. The Kier molecular flexibility index (Phi) is 7.74. The summed E-state index contributed by atoms with van der Waals surface area (Å²) in [4.78, 5) is 0. The summed E-state index contributed by atoms with van der Waals surface area (Å²) < 4.78 is 8.02. The van der Waals surface area contributed by atoms with E-state index < -0.39 is 0 Å². The Morgan fingerprint density at radius 3 is 0.972 bits per heavy atom. The zero-order chi connectivity index (χ0) is 46.1. The van der Waals surface area contributed by atoms with Crippen LogP contribution >= 0.6 is 34.0 Å². The summed E-state index contributed by atoms with van der Waals surface area (Å²) >= 11 is 5.73. The van der Waals surface area contributed by atoms with E-state index in [2.05, 4.69) is 218 Å². The molecular formula is C68H36S3. The van der Waals surface area contributed by atoms with Crippen LogP contribution in [-0.4, -0.2) is 0 Å². The van der Waals surface area contributed by atoms with Crippen LogP contribution in [0.2, 0.25) is 0 Å². The van der Waals surface area contributed by atoms with E-state index in [4.69, 9.17) is 0 Å². The molecule has 14 aromatic carbocycles. The van der Waals surface area contributed by atoms with Crippen molar-refractivity contribution >= 4 is 159 Å². The van der Waals surface area contributed by atoms with Crippen LogP contribution in [0.25, 0.3) is 170 Å². The second kappa shape index (κ2) is 14.2. The lowest BCUT2D eigenvalue weighted by Crippen LogP contribution is -1.89. The van der Waals surface area contributed by atoms with Gasteiger partial charge in [0.2, 0.25) is 0 Å². The van der Waals surface area contributed by atoms with Gasteiger partial charge in [0, 0.05) is 71.6 Å². The number of hydrogen-bond acceptors (Lipinski definition) is 3. The van der Waals surface area contributed by atoms with Crippen LogP contribution in [0.15, 0.2) is 218 Å². The van der Waals surface area contributed by atoms with E-state index in [0.29, 0.717) is 0 Å². The van der Waals surface area contributed by atoms with Crippen molar-refractivity contribution < 1.29 is 0 Å². The molecule has 0 N–H and O–H groups in total. The van der Waals surface area contributed by atoms with Crippen molar-refractivity contribution in [3.63, 3.8) is 0 Å². The van der Waals surface area contributed by atoms with Gasteiger partial charge < -0.3 is 0 Å². The average Bonchev–Trinajstić information content (AvgIpc) is 4.13. The summed E-state index contributed by atoms with van der Waals surface area (Å²) in [6, 6.07) is 83.0. The van der Waals surface area contributed by atoms with E-state index in [-0.39, 0.29) is 0 Å². The van der Waals surface area contributed by atoms with Crippen LogP contribution in [0, 0.1) is 0 Å². The van der Waals surface area contributed by atoms with Crippen molar-refractivity contribution in [2.24, 2.45) is 0 Å². The van der Waals surface area contributed by atoms with E-state index in [9.17, 15) is 0 Å². The molecule has 0 atom stereocenters. The summed E-state index contributed by atoms with van der Waals surface area (Å²) in [5.74, 6) is 0. The minimum Gasteiger partial charge on any atom is -0.135 e. The molecule has 0 aliphatic rings. The molecule has 0 fully saturated rings. The minimum absolute atomic E-state index is 1.26. The third-order valence-corrected chi connectivity index (χ3v) is 19.4. The summed E-state index contributed by atoms with van der Waals surface area (Å²) in [5, 5.41) is 23.8. The number of rotatable bonds is 4. The zero-order valence-electron chi connectivity index (χ0n) is 38.0. The largest absolute Gasteiger partial charge is 0.135 e. The SMILES string of the molecule is c1ccc2c(c1)sc1c(-c3ccc4ccc5c(-c6ccc7c(c6)sc6cc(-c8ccc9ccc%10c(-c%11cccc%12c%11sc%11ccccc%11%12)ccc%11ccc8c9c%11%10)ccc67)ccc6ccc3c4c65)cccc12. The van der Waals surface area contributed by atoms with Crippen molar-refractivity contribution in [2.45, 2.75) is 0 Å². The molecule has 3 heterocycles. The first kappa shape index (κ1) is 38.6. The van der Waals surface area contributed by atoms with Gasteiger partial charge in [-0.3, -0.25) is 0 Å². The highest BCUT2D eigenvalue weighted by atomic mass is 32.1. The molecule has 0 aliphatic heterocycles. The van der Waals surface area contributed by atoms with Gasteiger partial charge in [-0.1, -0.05) is 194 Å². The first-order chi connectivity index (χ1) is 35.2. The molecule has 0 saturated carbocycles. The Labute approximate surface area is 419 Å². The zero-order valence-corrected chi connectivity index (χ0v) is 40.5. The molecule has 0 nitrogen and oxygen atoms in total. The third kappa shape index (κ3) is 5.33. The lowest BCUT2D eigenvalue weighted by Gasteiger charge is -2.17. The third-order valence-electron chi connectivity index (χ3n) is 15.8. The van der Waals surface area contributed by atoms with Crippen molar-refractivity contribution in [2.75, 3.05) is 0 Å². The van der Waals surface area contributed by atoms with Crippen molar-refractivity contribution in [1.82, 2.24) is 0 Å². The van der Waals surface area contributed by atoms with Gasteiger partial charge in [0.05, 0.1) is 0 Å². The predicted octanol–water partition coefficient (Wildman–Crippen LogP) is 21.3. The predicted molar refractivity (Wildman–Crippen MR) is 314 cm³/mol. The van der Waals surface area contributed by atoms with Gasteiger partial charge in [-0.25, -0.2) is 0 Å². The Morgan fingerprint density at radius 1 is 0.197 bits per heavy atom. The van der Waals surface area contributed by atoms with Crippen LogP contribution < -0.4 is 0 Å². The summed E-state index contributed by atoms with van der Waals surface area (Å²) in [6.07, 6.45) is 0. The highest BCUT2D eigenvalue weighted by Gasteiger charge is 2.21. The van der Waals surface area contributed by atoms with Gasteiger partial charge in [0.25, 0.3) is 0 Å². The smallest absolute Gasteiger partial charge is 0.0434 e. The van der Waals surface area contributed by atoms with Crippen LogP contribution in [0.1, 0.15) is 0 Å². The maximum absolute atomic E-state index is 2.44. The number of benzene rings is 14. The Hall–Kier alpha value is -8.18. The van der Waals surface area contributed by atoms with E-state index >= 15 is 0 Å². The molecule has 0 spiro atoms. The number of fused-ring (bicyclic) bond motifs is 9. The monoisotopic (exact) mass is 948 g/mol. The molecule has 326 valence electrons. The standard InChI is InChI=1S/C68H36S3/c1-3-13-59-47(7-1)57-11-5-9-55(67(57)70-59)45-27-17-39-19-31-51-43(25-15-37-21-33-53(45)65(39)63(37)51)41-23-29-49-50-30-24-42(36-62(50)69-61(49)35-41)44-26-16-38-22-34-54-46(28-18-40-20-32-52(44)64(38)66(40)54)56-10-6-12-58-48-8-2-4-14-60(48)71-68(56)58/h1-36H. The second-order valence-corrected chi connectivity index (χ2v) is 22.6. The van der Waals surface area contributed by atoms with Crippen LogP contribution in [-0.2, 0) is 0 Å². The molecule has 0 bridgehead atoms. The highest BCUT2D eigenvalue weighted by molar-refractivity contribution is 7.27. The van der Waals surface area contributed by atoms with E-state index in [1.807, 2.05) is 34.0 Å². The normalized spacial score (nSPS) is 12.5. The molecule has 0 aliphatic carbocycles. The second-order valence-electron chi connectivity index (χ2n) is 19.4. The summed E-state index contributed by atoms with van der Waals surface area (Å²) in [6.45, 7) is 0. The molecule has 17 aromatic rings. The van der Waals surface area contributed by atoms with E-state index in [0.717, 1.165) is 0 Å². The van der Waals surface area contributed by atoms with Gasteiger partial charge in [0.15, 0.2) is 0 Å². The quantitative estimate of drug-likeness (QED) is 0.154. The Morgan fingerprint density at radius 2 is 0.535 bits per heavy atom. The van der Waals surface area contributed by atoms with Crippen molar-refractivity contribution in [1.29, 1.82) is 0 Å². The lowest BCUT2D eigenvalue weighted by atomic mass is 9.87. The number of thiophene rings is 3.